The summed E-state index contributed by atoms with van der Waals surface area (Å²) in [5.41, 5.74) is 3.61. The van der Waals surface area contributed by atoms with Crippen molar-refractivity contribution >= 4 is 16.0 Å². The van der Waals surface area contributed by atoms with Crippen LogP contribution in [0.1, 0.15) is 41.5 Å². The van der Waals surface area contributed by atoms with Crippen molar-refractivity contribution in [1.82, 2.24) is 4.72 Å². The number of sulfonamides is 1. The van der Waals surface area contributed by atoms with Crippen LogP contribution < -0.4 is 4.72 Å². The molecule has 0 atom stereocenters. The van der Waals surface area contributed by atoms with E-state index in [0.29, 0.717) is 5.56 Å². The Hall–Kier alpha value is -2.69. The van der Waals surface area contributed by atoms with Crippen LogP contribution in [0.2, 0.25) is 0 Å². The number of rotatable bonds is 7. The van der Waals surface area contributed by atoms with Gasteiger partial charge >= 0.3 is 5.97 Å². The first kappa shape index (κ1) is 20.1. The van der Waals surface area contributed by atoms with Gasteiger partial charge in [-0.2, -0.15) is 5.26 Å². The van der Waals surface area contributed by atoms with E-state index in [0.717, 1.165) is 36.8 Å². The van der Waals surface area contributed by atoms with Crippen LogP contribution in [0.5, 0.6) is 0 Å². The van der Waals surface area contributed by atoms with Gasteiger partial charge in [0.05, 0.1) is 22.9 Å². The van der Waals surface area contributed by atoms with Crippen LogP contribution in [0.3, 0.4) is 0 Å². The Morgan fingerprint density at radius 2 is 1.79 bits per heavy atom. The second-order valence-electron chi connectivity index (χ2n) is 6.75. The second-order valence-corrected chi connectivity index (χ2v) is 8.52. The Morgan fingerprint density at radius 3 is 2.50 bits per heavy atom. The van der Waals surface area contributed by atoms with Crippen LogP contribution in [-0.2, 0) is 39.0 Å². The van der Waals surface area contributed by atoms with Crippen LogP contribution in [-0.4, -0.2) is 20.9 Å². The van der Waals surface area contributed by atoms with Crippen LogP contribution >= 0.6 is 0 Å². The average Bonchev–Trinajstić information content (AvgIpc) is 2.72. The van der Waals surface area contributed by atoms with Crippen molar-refractivity contribution in [2.24, 2.45) is 0 Å². The number of nitriles is 1. The normalized spacial score (nSPS) is 13.4. The molecular formula is C21H22N2O4S. The molecule has 0 aliphatic heterocycles. The average molecular weight is 398 g/mol. The topological polar surface area (TPSA) is 96.3 Å². The minimum Gasteiger partial charge on any atom is -0.461 e. The Kier molecular flexibility index (Phi) is 6.45. The number of nitrogens with one attached hydrogen (secondary N) is 1. The number of ether oxygens (including phenoxy) is 1. The summed E-state index contributed by atoms with van der Waals surface area (Å²) >= 11 is 0. The number of hydrogen-bond acceptors (Lipinski definition) is 5. The molecule has 1 N–H and O–H groups in total. The summed E-state index contributed by atoms with van der Waals surface area (Å²) in [4.78, 5) is 12.1. The van der Waals surface area contributed by atoms with Gasteiger partial charge in [0.25, 0.3) is 0 Å². The summed E-state index contributed by atoms with van der Waals surface area (Å²) in [7, 11) is -3.65. The summed E-state index contributed by atoms with van der Waals surface area (Å²) in [5.74, 6) is -0.488. The first-order valence-electron chi connectivity index (χ1n) is 9.24. The molecule has 0 spiro atoms. The predicted molar refractivity (Wildman–Crippen MR) is 104 cm³/mol. The van der Waals surface area contributed by atoms with Crippen LogP contribution in [0.15, 0.2) is 47.4 Å². The third kappa shape index (κ3) is 5.18. The third-order valence-electron chi connectivity index (χ3n) is 4.73. The Bertz CT molecular complexity index is 992. The lowest BCUT2D eigenvalue weighted by Crippen LogP contribution is -2.27. The van der Waals surface area contributed by atoms with Crippen LogP contribution in [0.25, 0.3) is 0 Å². The number of benzene rings is 2. The lowest BCUT2D eigenvalue weighted by molar-refractivity contribution is -0.144. The molecule has 1 aliphatic carbocycles. The SMILES string of the molecule is N#Cc1ccc(COC(=O)CCNS(=O)(=O)c2ccc3c(c2)CCCC3)cc1. The second kappa shape index (κ2) is 9.00. The molecule has 2 aromatic rings. The van der Waals surface area contributed by atoms with E-state index in [2.05, 4.69) is 4.72 Å². The predicted octanol–water partition coefficient (Wildman–Crippen LogP) is 2.85. The number of nitrogens with zero attached hydrogens (tertiary/aromatic N) is 1. The van der Waals surface area contributed by atoms with E-state index in [-0.39, 0.29) is 24.5 Å². The third-order valence-corrected chi connectivity index (χ3v) is 6.19. The maximum atomic E-state index is 12.4. The highest BCUT2D eigenvalue weighted by atomic mass is 32.2. The molecule has 0 saturated heterocycles. The maximum absolute atomic E-state index is 12.4. The smallest absolute Gasteiger partial charge is 0.307 e. The zero-order chi connectivity index (χ0) is 20.0. The molecule has 0 bridgehead atoms. The first-order chi connectivity index (χ1) is 13.5. The fourth-order valence-electron chi connectivity index (χ4n) is 3.16. The van der Waals surface area contributed by atoms with Gasteiger partial charge in [0.2, 0.25) is 10.0 Å². The lowest BCUT2D eigenvalue weighted by atomic mass is 9.92. The van der Waals surface area contributed by atoms with Gasteiger partial charge in [0.1, 0.15) is 6.61 Å². The van der Waals surface area contributed by atoms with Gasteiger partial charge < -0.3 is 4.74 Å². The van der Waals surface area contributed by atoms with Crippen molar-refractivity contribution < 1.29 is 17.9 Å². The van der Waals surface area contributed by atoms with Gasteiger partial charge in [-0.25, -0.2) is 13.1 Å². The van der Waals surface area contributed by atoms with Crippen LogP contribution in [0, 0.1) is 11.3 Å². The summed E-state index contributed by atoms with van der Waals surface area (Å²) < 4.78 is 32.5. The van der Waals surface area contributed by atoms with Crippen molar-refractivity contribution in [3.05, 3.63) is 64.7 Å². The molecule has 2 aromatic carbocycles. The van der Waals surface area contributed by atoms with Crippen molar-refractivity contribution in [3.8, 4) is 6.07 Å². The van der Waals surface area contributed by atoms with Crippen molar-refractivity contribution in [2.75, 3.05) is 6.54 Å². The summed E-state index contributed by atoms with van der Waals surface area (Å²) in [6.07, 6.45) is 4.06. The zero-order valence-corrected chi connectivity index (χ0v) is 16.3. The number of carbonyl (C=O) groups excluding carboxylic acids is 1. The molecular weight excluding hydrogens is 376 g/mol. The van der Waals surface area contributed by atoms with E-state index in [1.165, 1.54) is 5.56 Å². The number of aryl methyl sites for hydroxylation is 2. The zero-order valence-electron chi connectivity index (χ0n) is 15.5. The molecule has 0 radical (unpaired) electrons. The van der Waals surface area contributed by atoms with Gasteiger partial charge in [-0.1, -0.05) is 18.2 Å². The molecule has 0 saturated carbocycles. The Morgan fingerprint density at radius 1 is 1.07 bits per heavy atom. The summed E-state index contributed by atoms with van der Waals surface area (Å²) in [6, 6.07) is 14.0. The molecule has 0 heterocycles. The highest BCUT2D eigenvalue weighted by Gasteiger charge is 2.18. The largest absolute Gasteiger partial charge is 0.461 e. The van der Waals surface area contributed by atoms with E-state index in [1.807, 2.05) is 12.1 Å². The summed E-state index contributed by atoms with van der Waals surface area (Å²) in [6.45, 7) is 0.0632. The van der Waals surface area contributed by atoms with Crippen molar-refractivity contribution in [3.63, 3.8) is 0 Å². The van der Waals surface area contributed by atoms with Crippen molar-refractivity contribution in [2.45, 2.75) is 43.6 Å². The Balaban J connectivity index is 1.48. The number of esters is 1. The first-order valence-corrected chi connectivity index (χ1v) is 10.7. The molecule has 1 aliphatic rings. The van der Waals surface area contributed by atoms with E-state index < -0.39 is 16.0 Å². The monoisotopic (exact) mass is 398 g/mol. The fourth-order valence-corrected chi connectivity index (χ4v) is 4.24. The van der Waals surface area contributed by atoms with Gasteiger partial charge in [-0.3, -0.25) is 4.79 Å². The van der Waals surface area contributed by atoms with E-state index in [9.17, 15) is 13.2 Å². The molecule has 0 amide bonds. The maximum Gasteiger partial charge on any atom is 0.307 e. The fraction of sp³-hybridized carbons (Fsp3) is 0.333. The highest BCUT2D eigenvalue weighted by Crippen LogP contribution is 2.24. The van der Waals surface area contributed by atoms with E-state index in [1.54, 1.807) is 36.4 Å². The minimum absolute atomic E-state index is 0.0222. The molecule has 7 heteroatoms. The van der Waals surface area contributed by atoms with Crippen LogP contribution in [0.4, 0.5) is 0 Å². The van der Waals surface area contributed by atoms with Crippen molar-refractivity contribution in [1.29, 1.82) is 5.26 Å². The van der Waals surface area contributed by atoms with Gasteiger partial charge in [-0.05, 0) is 66.6 Å². The number of fused-ring (bicyclic) bond motifs is 1. The van der Waals surface area contributed by atoms with Gasteiger partial charge in [0, 0.05) is 6.54 Å². The van der Waals surface area contributed by atoms with E-state index in [4.69, 9.17) is 10.00 Å². The Labute approximate surface area is 165 Å². The minimum atomic E-state index is -3.65. The number of hydrogen-bond donors (Lipinski definition) is 1. The molecule has 3 rings (SSSR count). The molecule has 6 nitrogen and oxygen atoms in total. The molecule has 0 aromatic heterocycles. The molecule has 28 heavy (non-hydrogen) atoms. The van der Waals surface area contributed by atoms with Gasteiger partial charge in [0.15, 0.2) is 0 Å². The highest BCUT2D eigenvalue weighted by molar-refractivity contribution is 7.89. The quantitative estimate of drug-likeness (QED) is 0.724. The number of carbonyl (C=O) groups is 1. The molecule has 0 fully saturated rings. The molecule has 146 valence electrons. The molecule has 0 unspecified atom stereocenters. The van der Waals surface area contributed by atoms with E-state index >= 15 is 0 Å². The standard InChI is InChI=1S/C21H22N2O4S/c22-14-16-5-7-17(8-6-16)15-27-21(24)11-12-23-28(25,26)20-10-9-18-3-1-2-4-19(18)13-20/h5-10,13,23H,1-4,11-12,15H2. The van der Waals surface area contributed by atoms with Gasteiger partial charge in [-0.15, -0.1) is 0 Å². The summed E-state index contributed by atoms with van der Waals surface area (Å²) in [5, 5.41) is 8.76. The lowest BCUT2D eigenvalue weighted by Gasteiger charge is -2.16.